The summed E-state index contributed by atoms with van der Waals surface area (Å²) >= 11 is 0. The Morgan fingerprint density at radius 2 is 2.10 bits per heavy atom. The van der Waals surface area contributed by atoms with Crippen molar-refractivity contribution >= 4 is 16.8 Å². The third kappa shape index (κ3) is 3.14. The Morgan fingerprint density at radius 3 is 2.85 bits per heavy atom. The number of carbonyl (C=O) groups excluding carboxylic acids is 1. The van der Waals surface area contributed by atoms with E-state index >= 15 is 0 Å². The van der Waals surface area contributed by atoms with Crippen molar-refractivity contribution in [1.29, 1.82) is 0 Å². The van der Waals surface area contributed by atoms with Crippen LogP contribution in [-0.4, -0.2) is 35.4 Å². The number of rotatable bonds is 6. The lowest BCUT2D eigenvalue weighted by atomic mass is 10.1. The predicted molar refractivity (Wildman–Crippen MR) is 81.6 cm³/mol. The van der Waals surface area contributed by atoms with Crippen molar-refractivity contribution < 1.29 is 4.79 Å². The van der Waals surface area contributed by atoms with Crippen molar-refractivity contribution in [3.63, 3.8) is 0 Å². The summed E-state index contributed by atoms with van der Waals surface area (Å²) in [6.45, 7) is 3.95. The second-order valence-corrected chi connectivity index (χ2v) is 4.81. The number of fused-ring (bicyclic) bond motifs is 1. The fourth-order valence-electron chi connectivity index (χ4n) is 2.28. The highest BCUT2D eigenvalue weighted by molar-refractivity contribution is 6.06. The van der Waals surface area contributed by atoms with Gasteiger partial charge in [-0.2, -0.15) is 0 Å². The first-order valence-electron chi connectivity index (χ1n) is 7.11. The number of benzene rings is 1. The summed E-state index contributed by atoms with van der Waals surface area (Å²) in [5.41, 5.74) is 7.18. The Labute approximate surface area is 119 Å². The SMILES string of the molecule is CCCCN(CCN)C(=O)c1cccc2ncccc12. The van der Waals surface area contributed by atoms with Crippen LogP contribution in [0.15, 0.2) is 36.5 Å². The molecule has 4 heteroatoms. The van der Waals surface area contributed by atoms with E-state index in [2.05, 4.69) is 11.9 Å². The molecule has 4 nitrogen and oxygen atoms in total. The standard InChI is InChI=1S/C16H21N3O/c1-2-3-11-19(12-9-17)16(20)14-6-4-8-15-13(14)7-5-10-18-15/h4-8,10H,2-3,9,11-12,17H2,1H3. The molecule has 2 N–H and O–H groups in total. The van der Waals surface area contributed by atoms with Gasteiger partial charge >= 0.3 is 0 Å². The number of hydrogen-bond acceptors (Lipinski definition) is 3. The van der Waals surface area contributed by atoms with Crippen LogP contribution in [-0.2, 0) is 0 Å². The zero-order chi connectivity index (χ0) is 14.4. The lowest BCUT2D eigenvalue weighted by Crippen LogP contribution is -2.36. The Kier molecular flexibility index (Phi) is 5.07. The highest BCUT2D eigenvalue weighted by Gasteiger charge is 2.17. The van der Waals surface area contributed by atoms with Gasteiger partial charge in [0, 0.05) is 36.8 Å². The van der Waals surface area contributed by atoms with E-state index in [0.717, 1.165) is 30.3 Å². The summed E-state index contributed by atoms with van der Waals surface area (Å²) in [7, 11) is 0. The molecular weight excluding hydrogens is 250 g/mol. The molecular formula is C16H21N3O. The van der Waals surface area contributed by atoms with Crippen molar-refractivity contribution in [2.75, 3.05) is 19.6 Å². The van der Waals surface area contributed by atoms with Crippen LogP contribution in [0.5, 0.6) is 0 Å². The monoisotopic (exact) mass is 271 g/mol. The maximum atomic E-state index is 12.7. The highest BCUT2D eigenvalue weighted by atomic mass is 16.2. The summed E-state index contributed by atoms with van der Waals surface area (Å²) in [6, 6.07) is 9.46. The van der Waals surface area contributed by atoms with Crippen LogP contribution in [0.25, 0.3) is 10.9 Å². The minimum atomic E-state index is 0.0440. The molecule has 0 saturated carbocycles. The lowest BCUT2D eigenvalue weighted by Gasteiger charge is -2.22. The summed E-state index contributed by atoms with van der Waals surface area (Å²) in [5, 5.41) is 0.901. The molecule has 0 saturated heterocycles. The Bertz CT molecular complexity index is 577. The van der Waals surface area contributed by atoms with E-state index in [4.69, 9.17) is 5.73 Å². The molecule has 1 amide bonds. The van der Waals surface area contributed by atoms with E-state index in [-0.39, 0.29) is 5.91 Å². The van der Waals surface area contributed by atoms with Crippen LogP contribution in [0.2, 0.25) is 0 Å². The minimum absolute atomic E-state index is 0.0440. The van der Waals surface area contributed by atoms with Gasteiger partial charge in [-0.3, -0.25) is 9.78 Å². The van der Waals surface area contributed by atoms with Crippen molar-refractivity contribution in [2.24, 2.45) is 5.73 Å². The molecule has 1 aromatic heterocycles. The van der Waals surface area contributed by atoms with Crippen LogP contribution in [0.4, 0.5) is 0 Å². The number of hydrogen-bond donors (Lipinski definition) is 1. The molecule has 0 unspecified atom stereocenters. The smallest absolute Gasteiger partial charge is 0.254 e. The molecule has 2 rings (SSSR count). The molecule has 106 valence electrons. The molecule has 0 atom stereocenters. The number of nitrogens with zero attached hydrogens (tertiary/aromatic N) is 2. The van der Waals surface area contributed by atoms with E-state index < -0.39 is 0 Å². The van der Waals surface area contributed by atoms with Gasteiger partial charge in [0.1, 0.15) is 0 Å². The van der Waals surface area contributed by atoms with Crippen LogP contribution in [0.1, 0.15) is 30.1 Å². The molecule has 1 aromatic carbocycles. The highest BCUT2D eigenvalue weighted by Crippen LogP contribution is 2.18. The maximum Gasteiger partial charge on any atom is 0.254 e. The van der Waals surface area contributed by atoms with Gasteiger partial charge in [-0.15, -0.1) is 0 Å². The molecule has 0 aliphatic rings. The molecule has 0 aliphatic heterocycles. The normalized spacial score (nSPS) is 10.7. The fourth-order valence-corrected chi connectivity index (χ4v) is 2.28. The van der Waals surface area contributed by atoms with Crippen LogP contribution in [0, 0.1) is 0 Å². The zero-order valence-corrected chi connectivity index (χ0v) is 11.9. The molecule has 0 fully saturated rings. The number of amides is 1. The number of nitrogens with two attached hydrogens (primary N) is 1. The quantitative estimate of drug-likeness (QED) is 0.878. The second kappa shape index (κ2) is 7.01. The van der Waals surface area contributed by atoms with Gasteiger partial charge < -0.3 is 10.6 Å². The molecule has 0 aliphatic carbocycles. The van der Waals surface area contributed by atoms with Crippen molar-refractivity contribution in [1.82, 2.24) is 9.88 Å². The molecule has 1 heterocycles. The van der Waals surface area contributed by atoms with E-state index in [1.54, 1.807) is 6.20 Å². The summed E-state index contributed by atoms with van der Waals surface area (Å²) in [6.07, 6.45) is 3.80. The Balaban J connectivity index is 2.33. The molecule has 0 bridgehead atoms. The van der Waals surface area contributed by atoms with E-state index in [1.807, 2.05) is 35.2 Å². The Morgan fingerprint density at radius 1 is 1.25 bits per heavy atom. The van der Waals surface area contributed by atoms with E-state index in [0.29, 0.717) is 18.7 Å². The lowest BCUT2D eigenvalue weighted by molar-refractivity contribution is 0.0760. The topological polar surface area (TPSA) is 59.2 Å². The largest absolute Gasteiger partial charge is 0.337 e. The number of unbranched alkanes of at least 4 members (excludes halogenated alkanes) is 1. The summed E-state index contributed by atoms with van der Waals surface area (Å²) in [4.78, 5) is 18.8. The van der Waals surface area contributed by atoms with Crippen LogP contribution >= 0.6 is 0 Å². The van der Waals surface area contributed by atoms with Gasteiger partial charge in [-0.1, -0.05) is 25.5 Å². The fraction of sp³-hybridized carbons (Fsp3) is 0.375. The molecule has 0 spiro atoms. The van der Waals surface area contributed by atoms with Crippen molar-refractivity contribution in [3.8, 4) is 0 Å². The third-order valence-electron chi connectivity index (χ3n) is 3.34. The van der Waals surface area contributed by atoms with Crippen LogP contribution in [0.3, 0.4) is 0 Å². The summed E-state index contributed by atoms with van der Waals surface area (Å²) < 4.78 is 0. The number of aromatic nitrogens is 1. The van der Waals surface area contributed by atoms with Gasteiger partial charge in [0.05, 0.1) is 5.52 Å². The minimum Gasteiger partial charge on any atom is -0.337 e. The van der Waals surface area contributed by atoms with Gasteiger partial charge in [-0.05, 0) is 24.6 Å². The van der Waals surface area contributed by atoms with Crippen molar-refractivity contribution in [2.45, 2.75) is 19.8 Å². The van der Waals surface area contributed by atoms with Gasteiger partial charge in [-0.25, -0.2) is 0 Å². The molecule has 20 heavy (non-hydrogen) atoms. The first-order valence-corrected chi connectivity index (χ1v) is 7.11. The Hall–Kier alpha value is -1.94. The van der Waals surface area contributed by atoms with E-state index in [9.17, 15) is 4.79 Å². The van der Waals surface area contributed by atoms with Gasteiger partial charge in [0.15, 0.2) is 0 Å². The van der Waals surface area contributed by atoms with E-state index in [1.165, 1.54) is 0 Å². The van der Waals surface area contributed by atoms with Gasteiger partial charge in [0.25, 0.3) is 5.91 Å². The number of carbonyl (C=O) groups is 1. The predicted octanol–water partition coefficient (Wildman–Crippen LogP) is 2.44. The second-order valence-electron chi connectivity index (χ2n) is 4.81. The summed E-state index contributed by atoms with van der Waals surface area (Å²) in [5.74, 6) is 0.0440. The van der Waals surface area contributed by atoms with Gasteiger partial charge in [0.2, 0.25) is 0 Å². The van der Waals surface area contributed by atoms with Crippen molar-refractivity contribution in [3.05, 3.63) is 42.1 Å². The average molecular weight is 271 g/mol. The maximum absolute atomic E-state index is 12.7. The van der Waals surface area contributed by atoms with Crippen LogP contribution < -0.4 is 5.73 Å². The first-order chi connectivity index (χ1) is 9.77. The molecule has 0 radical (unpaired) electrons. The molecule has 2 aromatic rings. The number of pyridine rings is 1. The first kappa shape index (κ1) is 14.5. The zero-order valence-electron chi connectivity index (χ0n) is 11.9. The third-order valence-corrected chi connectivity index (χ3v) is 3.34. The average Bonchev–Trinajstić information content (AvgIpc) is 2.50.